The Morgan fingerprint density at radius 1 is 1.03 bits per heavy atom. The van der Waals surface area contributed by atoms with Crippen LogP contribution in [0.4, 0.5) is 5.69 Å². The number of anilines is 1. The van der Waals surface area contributed by atoms with E-state index in [1.807, 2.05) is 45.0 Å². The number of ether oxygens (including phenoxy) is 2. The van der Waals surface area contributed by atoms with E-state index >= 15 is 0 Å². The summed E-state index contributed by atoms with van der Waals surface area (Å²) in [4.78, 5) is 28.0. The zero-order valence-corrected chi connectivity index (χ0v) is 22.9. The van der Waals surface area contributed by atoms with Gasteiger partial charge < -0.3 is 19.7 Å². The zero-order valence-electron chi connectivity index (χ0n) is 22.1. The summed E-state index contributed by atoms with van der Waals surface area (Å²) in [6.45, 7) is 7.09. The minimum Gasteiger partial charge on any atom is -0.493 e. The predicted molar refractivity (Wildman–Crippen MR) is 141 cm³/mol. The van der Waals surface area contributed by atoms with Crippen LogP contribution in [0.5, 0.6) is 11.5 Å². The van der Waals surface area contributed by atoms with Crippen molar-refractivity contribution in [3.8, 4) is 11.5 Å². The number of carbonyl (C=O) groups excluding carboxylic acids is 2. The van der Waals surface area contributed by atoms with Crippen LogP contribution < -0.4 is 19.1 Å². The van der Waals surface area contributed by atoms with E-state index in [4.69, 9.17) is 9.47 Å². The number of carbonyl (C=O) groups is 2. The first-order valence-electron chi connectivity index (χ1n) is 11.8. The largest absolute Gasteiger partial charge is 0.493 e. The van der Waals surface area contributed by atoms with Crippen molar-refractivity contribution in [1.82, 2.24) is 10.2 Å². The summed E-state index contributed by atoms with van der Waals surface area (Å²) in [7, 11) is -0.932. The summed E-state index contributed by atoms with van der Waals surface area (Å²) in [5.41, 5.74) is 2.08. The van der Waals surface area contributed by atoms with E-state index in [1.165, 1.54) is 25.2 Å². The van der Waals surface area contributed by atoms with Crippen LogP contribution in [0.2, 0.25) is 0 Å². The van der Waals surface area contributed by atoms with E-state index in [9.17, 15) is 18.0 Å². The lowest BCUT2D eigenvalue weighted by Crippen LogP contribution is -2.52. The van der Waals surface area contributed by atoms with Crippen LogP contribution in [0.3, 0.4) is 0 Å². The molecule has 0 saturated heterocycles. The van der Waals surface area contributed by atoms with E-state index in [1.54, 1.807) is 19.1 Å². The van der Waals surface area contributed by atoms with Gasteiger partial charge in [-0.1, -0.05) is 31.2 Å². The summed E-state index contributed by atoms with van der Waals surface area (Å²) in [6, 6.07) is 11.3. The van der Waals surface area contributed by atoms with E-state index in [0.717, 1.165) is 28.1 Å². The monoisotopic (exact) mass is 519 g/mol. The second-order valence-corrected chi connectivity index (χ2v) is 10.7. The van der Waals surface area contributed by atoms with E-state index < -0.39 is 28.5 Å². The summed E-state index contributed by atoms with van der Waals surface area (Å²) < 4.78 is 37.0. The van der Waals surface area contributed by atoms with E-state index in [-0.39, 0.29) is 24.2 Å². The van der Waals surface area contributed by atoms with Gasteiger partial charge in [-0.05, 0) is 50.5 Å². The Morgan fingerprint density at radius 2 is 1.67 bits per heavy atom. The van der Waals surface area contributed by atoms with Crippen molar-refractivity contribution in [3.05, 3.63) is 53.6 Å². The molecule has 1 N–H and O–H groups in total. The highest BCUT2D eigenvalue weighted by Gasteiger charge is 2.31. The van der Waals surface area contributed by atoms with Crippen LogP contribution in [0.1, 0.15) is 38.3 Å². The molecule has 0 fully saturated rings. The van der Waals surface area contributed by atoms with Gasteiger partial charge in [-0.3, -0.25) is 13.9 Å². The summed E-state index contributed by atoms with van der Waals surface area (Å²) in [5, 5.41) is 2.91. The van der Waals surface area contributed by atoms with Gasteiger partial charge in [-0.25, -0.2) is 8.42 Å². The molecule has 2 aromatic carbocycles. The fraction of sp³-hybridized carbons (Fsp3) is 0.462. The average Bonchev–Trinajstić information content (AvgIpc) is 2.84. The maximum atomic E-state index is 13.7. The lowest BCUT2D eigenvalue weighted by molar-refractivity contribution is -0.139. The fourth-order valence-electron chi connectivity index (χ4n) is 3.61. The Hall–Kier alpha value is -3.27. The summed E-state index contributed by atoms with van der Waals surface area (Å²) in [6.07, 6.45) is 1.77. The lowest BCUT2D eigenvalue weighted by Gasteiger charge is -2.32. The topological polar surface area (TPSA) is 105 Å². The first-order chi connectivity index (χ1) is 16.9. The molecule has 0 aliphatic carbocycles. The first kappa shape index (κ1) is 29.0. The van der Waals surface area contributed by atoms with Crippen molar-refractivity contribution in [1.29, 1.82) is 0 Å². The van der Waals surface area contributed by atoms with Crippen molar-refractivity contribution in [2.75, 3.05) is 31.3 Å². The number of nitrogens with zero attached hydrogens (tertiary/aromatic N) is 2. The Bertz CT molecular complexity index is 1170. The van der Waals surface area contributed by atoms with Crippen LogP contribution in [-0.2, 0) is 26.2 Å². The lowest BCUT2D eigenvalue weighted by atomic mass is 10.1. The molecule has 0 spiro atoms. The summed E-state index contributed by atoms with van der Waals surface area (Å²) in [5.74, 6) is -0.0553. The maximum absolute atomic E-state index is 13.7. The highest BCUT2D eigenvalue weighted by Crippen LogP contribution is 2.32. The minimum absolute atomic E-state index is 0.0605. The van der Waals surface area contributed by atoms with Gasteiger partial charge in [0.2, 0.25) is 21.8 Å². The maximum Gasteiger partial charge on any atom is 0.244 e. The van der Waals surface area contributed by atoms with Gasteiger partial charge in [0.15, 0.2) is 11.5 Å². The molecule has 9 nitrogen and oxygen atoms in total. The van der Waals surface area contributed by atoms with E-state index in [2.05, 4.69) is 5.32 Å². The molecule has 0 aliphatic heterocycles. The molecule has 2 rings (SSSR count). The van der Waals surface area contributed by atoms with Crippen LogP contribution in [-0.4, -0.2) is 64.2 Å². The molecule has 0 aliphatic rings. The van der Waals surface area contributed by atoms with Crippen LogP contribution in [0.25, 0.3) is 0 Å². The highest BCUT2D eigenvalue weighted by atomic mass is 32.2. The molecule has 2 atom stereocenters. The third-order valence-corrected chi connectivity index (χ3v) is 7.25. The zero-order chi connectivity index (χ0) is 27.0. The number of sulfonamides is 1. The Morgan fingerprint density at radius 3 is 2.22 bits per heavy atom. The van der Waals surface area contributed by atoms with Gasteiger partial charge in [-0.15, -0.1) is 0 Å². The molecule has 2 aromatic rings. The molecule has 0 heterocycles. The molecule has 0 bridgehead atoms. The Balaban J connectivity index is 2.45. The third-order valence-electron chi connectivity index (χ3n) is 6.10. The quantitative estimate of drug-likeness (QED) is 0.462. The molecule has 0 saturated carbocycles. The molecular weight excluding hydrogens is 482 g/mol. The van der Waals surface area contributed by atoms with Crippen LogP contribution in [0.15, 0.2) is 42.5 Å². The number of aryl methyl sites for hydroxylation is 1. The molecule has 0 radical (unpaired) electrons. The van der Waals surface area contributed by atoms with Crippen LogP contribution >= 0.6 is 0 Å². The molecule has 10 heteroatoms. The minimum atomic E-state index is -3.85. The molecular formula is C26H37N3O6S. The van der Waals surface area contributed by atoms with Crippen LogP contribution in [0, 0.1) is 6.92 Å². The fourth-order valence-corrected chi connectivity index (χ4v) is 4.45. The number of hydrogen-bond donors (Lipinski definition) is 1. The van der Waals surface area contributed by atoms with Crippen molar-refractivity contribution >= 4 is 27.5 Å². The van der Waals surface area contributed by atoms with Gasteiger partial charge >= 0.3 is 0 Å². The SMILES string of the molecule is CC[C@@H](C)NC(=O)[C@@H](C)N(Cc1ccccc1C)C(=O)CN(c1ccc(OC)c(OC)c1)S(C)(=O)=O. The molecule has 2 amide bonds. The van der Waals surface area contributed by atoms with Gasteiger partial charge in [0.1, 0.15) is 12.6 Å². The van der Waals surface area contributed by atoms with E-state index in [0.29, 0.717) is 11.5 Å². The van der Waals surface area contributed by atoms with Gasteiger partial charge in [0.05, 0.1) is 26.2 Å². The van der Waals surface area contributed by atoms with Crippen molar-refractivity contribution < 1.29 is 27.5 Å². The van der Waals surface area contributed by atoms with Gasteiger partial charge in [-0.2, -0.15) is 0 Å². The van der Waals surface area contributed by atoms with Crippen molar-refractivity contribution in [2.24, 2.45) is 0 Å². The number of nitrogens with one attached hydrogen (secondary N) is 1. The number of benzene rings is 2. The third kappa shape index (κ3) is 7.36. The second-order valence-electron chi connectivity index (χ2n) is 8.75. The first-order valence-corrected chi connectivity index (χ1v) is 13.6. The summed E-state index contributed by atoms with van der Waals surface area (Å²) >= 11 is 0. The van der Waals surface area contributed by atoms with Crippen molar-refractivity contribution in [2.45, 2.75) is 52.7 Å². The van der Waals surface area contributed by atoms with Crippen molar-refractivity contribution in [3.63, 3.8) is 0 Å². The van der Waals surface area contributed by atoms with Gasteiger partial charge in [0, 0.05) is 18.7 Å². The highest BCUT2D eigenvalue weighted by molar-refractivity contribution is 7.92. The number of rotatable bonds is 12. The number of hydrogen-bond acceptors (Lipinski definition) is 6. The Labute approximate surface area is 214 Å². The normalized spacial score (nSPS) is 12.9. The standard InChI is InChI=1S/C26H37N3O6S/c1-8-19(3)27-26(31)20(4)28(16-21-12-10-9-11-18(21)2)25(30)17-29(36(7,32)33)22-13-14-23(34-5)24(15-22)35-6/h9-15,19-20H,8,16-17H2,1-7H3,(H,27,31)/t19-,20-/m1/s1. The second kappa shape index (κ2) is 12.6. The average molecular weight is 520 g/mol. The molecule has 0 unspecified atom stereocenters. The molecule has 198 valence electrons. The number of methoxy groups -OCH3 is 2. The van der Waals surface area contributed by atoms with Gasteiger partial charge in [0.25, 0.3) is 0 Å². The smallest absolute Gasteiger partial charge is 0.244 e. The Kier molecular flexibility index (Phi) is 10.2. The molecule has 0 aromatic heterocycles. The molecule has 36 heavy (non-hydrogen) atoms. The predicted octanol–water partition coefficient (Wildman–Crippen LogP) is 3.11. The number of amides is 2.